The van der Waals surface area contributed by atoms with Gasteiger partial charge < -0.3 is 14.1 Å². The molecular weight excluding hydrogens is 524 g/mol. The molecule has 1 unspecified atom stereocenters. The molecule has 0 spiro atoms. The normalized spacial score (nSPS) is 13.1. The molecule has 5 nitrogen and oxygen atoms in total. The minimum absolute atomic E-state index is 0.0799. The number of rotatable bonds is 6. The standard InChI is InChI=1S/C26H18Cl2NO4PS/c1-34(32,23-9-8-18(27)12-19(23)28)14-17-11-24(35-25(17)26(30)31)16-6-4-15(5-7-16)22-13-20-21(33-22)3-2-10-29-20/h2-13H,14H2,1H3,(H,30,31). The first-order valence-corrected chi connectivity index (χ1v) is 14.5. The summed E-state index contributed by atoms with van der Waals surface area (Å²) < 4.78 is 19.5. The van der Waals surface area contributed by atoms with Gasteiger partial charge in [-0.25, -0.2) is 4.79 Å². The van der Waals surface area contributed by atoms with Crippen molar-refractivity contribution >= 4 is 64.1 Å². The number of hydrogen-bond acceptors (Lipinski definition) is 5. The van der Waals surface area contributed by atoms with Gasteiger partial charge in [-0.15, -0.1) is 11.3 Å². The third-order valence-electron chi connectivity index (χ3n) is 5.64. The van der Waals surface area contributed by atoms with Crippen LogP contribution in [-0.4, -0.2) is 22.7 Å². The van der Waals surface area contributed by atoms with Gasteiger partial charge in [0, 0.05) is 39.2 Å². The van der Waals surface area contributed by atoms with E-state index in [0.717, 1.165) is 32.9 Å². The highest BCUT2D eigenvalue weighted by molar-refractivity contribution is 7.70. The van der Waals surface area contributed by atoms with Gasteiger partial charge in [0.1, 0.15) is 23.3 Å². The summed E-state index contributed by atoms with van der Waals surface area (Å²) >= 11 is 13.4. The summed E-state index contributed by atoms with van der Waals surface area (Å²) in [5.74, 6) is -0.347. The Balaban J connectivity index is 1.46. The largest absolute Gasteiger partial charge is 0.477 e. The molecular formula is C26H18Cl2NO4PS. The highest BCUT2D eigenvalue weighted by Gasteiger charge is 2.27. The molecule has 0 aliphatic rings. The van der Waals surface area contributed by atoms with Gasteiger partial charge in [0.15, 0.2) is 5.58 Å². The summed E-state index contributed by atoms with van der Waals surface area (Å²) in [5.41, 5.74) is 3.76. The van der Waals surface area contributed by atoms with E-state index in [1.165, 1.54) is 0 Å². The molecule has 1 atom stereocenters. The minimum atomic E-state index is -3.00. The van der Waals surface area contributed by atoms with Crippen molar-refractivity contribution in [1.82, 2.24) is 4.98 Å². The summed E-state index contributed by atoms with van der Waals surface area (Å²) in [6, 6.07) is 19.9. The molecule has 0 radical (unpaired) electrons. The van der Waals surface area contributed by atoms with Crippen LogP contribution in [0.15, 0.2) is 77.3 Å². The predicted octanol–water partition coefficient (Wildman–Crippen LogP) is 8.05. The average Bonchev–Trinajstić information content (AvgIpc) is 3.43. The molecule has 176 valence electrons. The van der Waals surface area contributed by atoms with Crippen molar-refractivity contribution in [2.24, 2.45) is 0 Å². The van der Waals surface area contributed by atoms with Gasteiger partial charge >= 0.3 is 5.97 Å². The Morgan fingerprint density at radius 1 is 1.06 bits per heavy atom. The second kappa shape index (κ2) is 9.29. The minimum Gasteiger partial charge on any atom is -0.477 e. The Hall–Kier alpha value is -2.89. The van der Waals surface area contributed by atoms with Crippen LogP contribution in [0.1, 0.15) is 15.2 Å². The number of carboxylic acid groups (broad SMARTS) is 1. The van der Waals surface area contributed by atoms with Crippen molar-refractivity contribution in [3.63, 3.8) is 0 Å². The molecule has 0 bridgehead atoms. The zero-order valence-corrected chi connectivity index (χ0v) is 21.6. The first-order valence-electron chi connectivity index (χ1n) is 10.5. The zero-order chi connectivity index (χ0) is 24.7. The molecule has 0 amide bonds. The number of aromatic nitrogens is 1. The van der Waals surface area contributed by atoms with Crippen LogP contribution in [-0.2, 0) is 10.7 Å². The molecule has 5 rings (SSSR count). The molecule has 0 aliphatic heterocycles. The van der Waals surface area contributed by atoms with Gasteiger partial charge in [-0.05, 0) is 54.2 Å². The quantitative estimate of drug-likeness (QED) is 0.220. The lowest BCUT2D eigenvalue weighted by Crippen LogP contribution is -2.08. The maximum absolute atomic E-state index is 13.6. The topological polar surface area (TPSA) is 80.4 Å². The Morgan fingerprint density at radius 2 is 1.80 bits per heavy atom. The number of carboxylic acids is 1. The Kier molecular flexibility index (Phi) is 6.32. The second-order valence-electron chi connectivity index (χ2n) is 8.20. The lowest BCUT2D eigenvalue weighted by Gasteiger charge is -2.15. The van der Waals surface area contributed by atoms with Crippen LogP contribution in [0.25, 0.3) is 32.9 Å². The highest BCUT2D eigenvalue weighted by Crippen LogP contribution is 2.48. The Labute approximate surface area is 215 Å². The molecule has 0 aliphatic carbocycles. The van der Waals surface area contributed by atoms with Crippen molar-refractivity contribution in [1.29, 1.82) is 0 Å². The molecule has 35 heavy (non-hydrogen) atoms. The summed E-state index contributed by atoms with van der Waals surface area (Å²) in [6.45, 7) is 1.61. The Morgan fingerprint density at radius 3 is 2.49 bits per heavy atom. The first kappa shape index (κ1) is 23.8. The maximum Gasteiger partial charge on any atom is 0.346 e. The van der Waals surface area contributed by atoms with Crippen molar-refractivity contribution in [3.8, 4) is 21.8 Å². The van der Waals surface area contributed by atoms with Crippen molar-refractivity contribution < 1.29 is 18.9 Å². The van der Waals surface area contributed by atoms with Crippen LogP contribution >= 0.6 is 41.7 Å². The van der Waals surface area contributed by atoms with Crippen LogP contribution in [0.4, 0.5) is 0 Å². The zero-order valence-electron chi connectivity index (χ0n) is 18.4. The number of fused-ring (bicyclic) bond motifs is 1. The molecule has 1 N–H and O–H groups in total. The third kappa shape index (κ3) is 4.80. The van der Waals surface area contributed by atoms with Gasteiger partial charge in [0.2, 0.25) is 0 Å². The smallest absolute Gasteiger partial charge is 0.346 e. The number of thiophene rings is 1. The van der Waals surface area contributed by atoms with Gasteiger partial charge in [-0.1, -0.05) is 47.5 Å². The number of carbonyl (C=O) groups is 1. The number of halogens is 2. The lowest BCUT2D eigenvalue weighted by molar-refractivity contribution is 0.0701. The number of hydrogen-bond donors (Lipinski definition) is 1. The highest BCUT2D eigenvalue weighted by atomic mass is 35.5. The first-order chi connectivity index (χ1) is 16.7. The van der Waals surface area contributed by atoms with Gasteiger partial charge in [-0.2, -0.15) is 0 Å². The lowest BCUT2D eigenvalue weighted by atomic mass is 10.1. The van der Waals surface area contributed by atoms with E-state index in [1.54, 1.807) is 37.1 Å². The molecule has 0 saturated carbocycles. The predicted molar refractivity (Wildman–Crippen MR) is 143 cm³/mol. The van der Waals surface area contributed by atoms with Crippen LogP contribution in [0.3, 0.4) is 0 Å². The number of pyridine rings is 1. The van der Waals surface area contributed by atoms with Crippen LogP contribution in [0.2, 0.25) is 10.0 Å². The summed E-state index contributed by atoms with van der Waals surface area (Å²) in [6.07, 6.45) is 1.80. The second-order valence-corrected chi connectivity index (χ2v) is 13.1. The monoisotopic (exact) mass is 541 g/mol. The Bertz CT molecular complexity index is 1590. The fourth-order valence-corrected chi connectivity index (χ4v) is 8.01. The van der Waals surface area contributed by atoms with Gasteiger partial charge in [-0.3, -0.25) is 4.98 Å². The number of furan rings is 1. The molecule has 9 heteroatoms. The van der Waals surface area contributed by atoms with E-state index in [0.29, 0.717) is 32.3 Å². The molecule has 3 aromatic heterocycles. The van der Waals surface area contributed by atoms with E-state index < -0.39 is 13.1 Å². The van der Waals surface area contributed by atoms with E-state index in [9.17, 15) is 14.5 Å². The van der Waals surface area contributed by atoms with Crippen LogP contribution in [0, 0.1) is 0 Å². The van der Waals surface area contributed by atoms with Gasteiger partial charge in [0.25, 0.3) is 0 Å². The summed E-state index contributed by atoms with van der Waals surface area (Å²) in [4.78, 5) is 17.2. The van der Waals surface area contributed by atoms with Gasteiger partial charge in [0.05, 0.1) is 5.02 Å². The van der Waals surface area contributed by atoms with E-state index in [1.807, 2.05) is 42.5 Å². The number of nitrogens with zero attached hydrogens (tertiary/aromatic N) is 1. The van der Waals surface area contributed by atoms with Crippen LogP contribution in [0.5, 0.6) is 0 Å². The SMILES string of the molecule is CP(=O)(Cc1cc(-c2ccc(-c3cc4ncccc4o3)cc2)sc1C(=O)O)c1ccc(Cl)cc1Cl. The molecule has 0 saturated heterocycles. The van der Waals surface area contributed by atoms with E-state index in [-0.39, 0.29) is 11.0 Å². The summed E-state index contributed by atoms with van der Waals surface area (Å²) in [7, 11) is -3.00. The van der Waals surface area contributed by atoms with E-state index >= 15 is 0 Å². The number of benzene rings is 2. The fourth-order valence-electron chi connectivity index (χ4n) is 3.96. The molecule has 3 heterocycles. The van der Waals surface area contributed by atoms with E-state index in [4.69, 9.17) is 27.6 Å². The van der Waals surface area contributed by atoms with Crippen LogP contribution < -0.4 is 5.30 Å². The number of aromatic carboxylic acids is 1. The molecule has 2 aromatic carbocycles. The van der Waals surface area contributed by atoms with Crippen molar-refractivity contribution in [2.75, 3.05) is 6.66 Å². The third-order valence-corrected chi connectivity index (χ3v) is 9.88. The van der Waals surface area contributed by atoms with Crippen molar-refractivity contribution in [2.45, 2.75) is 6.16 Å². The van der Waals surface area contributed by atoms with E-state index in [2.05, 4.69) is 4.98 Å². The maximum atomic E-state index is 13.6. The molecule has 0 fully saturated rings. The average molecular weight is 542 g/mol. The van der Waals surface area contributed by atoms with Crippen molar-refractivity contribution in [3.05, 3.63) is 93.4 Å². The molecule has 5 aromatic rings. The summed E-state index contributed by atoms with van der Waals surface area (Å²) in [5, 5.41) is 11.1. The fraction of sp³-hybridized carbons (Fsp3) is 0.0769.